The number of aryl methyl sites for hydroxylation is 1. The minimum atomic E-state index is -0.567. The molecule has 0 unspecified atom stereocenters. The third-order valence-corrected chi connectivity index (χ3v) is 4.45. The number of benzene rings is 1. The number of nitrogens with one attached hydrogen (secondary N) is 1. The zero-order valence-electron chi connectivity index (χ0n) is 14.1. The average molecular weight is 357 g/mol. The number of aromatic nitrogens is 2. The van der Waals surface area contributed by atoms with Gasteiger partial charge in [-0.2, -0.15) is 4.98 Å². The molecule has 2 aromatic heterocycles. The van der Waals surface area contributed by atoms with Crippen LogP contribution >= 0.6 is 11.3 Å². The second kappa shape index (κ2) is 7.94. The summed E-state index contributed by atoms with van der Waals surface area (Å²) in [5.74, 6) is 1.36. The molecule has 0 saturated heterocycles. The van der Waals surface area contributed by atoms with Gasteiger partial charge in [-0.3, -0.25) is 4.79 Å². The molecule has 25 heavy (non-hydrogen) atoms. The Morgan fingerprint density at radius 1 is 1.32 bits per heavy atom. The molecule has 0 spiro atoms. The predicted molar refractivity (Wildman–Crippen MR) is 95.3 cm³/mol. The van der Waals surface area contributed by atoms with E-state index in [1.165, 1.54) is 11.3 Å². The summed E-state index contributed by atoms with van der Waals surface area (Å²) in [6.07, 6.45) is -0.00772. The third kappa shape index (κ3) is 4.45. The number of amides is 1. The lowest BCUT2D eigenvalue weighted by Gasteiger charge is -2.16. The summed E-state index contributed by atoms with van der Waals surface area (Å²) in [7, 11) is 0. The molecule has 1 amide bonds. The van der Waals surface area contributed by atoms with Crippen LogP contribution in [0.3, 0.4) is 0 Å². The lowest BCUT2D eigenvalue weighted by atomic mass is 10.2. The van der Waals surface area contributed by atoms with Crippen molar-refractivity contribution in [2.24, 2.45) is 0 Å². The van der Waals surface area contributed by atoms with Gasteiger partial charge in [0.1, 0.15) is 5.75 Å². The van der Waals surface area contributed by atoms with Gasteiger partial charge in [0.2, 0.25) is 11.7 Å². The molecule has 0 aliphatic rings. The molecule has 0 aliphatic heterocycles. The monoisotopic (exact) mass is 357 g/mol. The fourth-order valence-electron chi connectivity index (χ4n) is 2.21. The van der Waals surface area contributed by atoms with Crippen LogP contribution in [0, 0.1) is 6.92 Å². The molecule has 1 N–H and O–H groups in total. The highest BCUT2D eigenvalue weighted by atomic mass is 32.1. The molecule has 7 heteroatoms. The molecule has 6 nitrogen and oxygen atoms in total. The number of carbonyl (C=O) groups excluding carboxylic acids is 1. The molecular formula is C18H19N3O3S. The zero-order valence-corrected chi connectivity index (χ0v) is 14.9. The molecule has 0 radical (unpaired) electrons. The van der Waals surface area contributed by atoms with Crippen molar-refractivity contribution in [2.75, 3.05) is 0 Å². The summed E-state index contributed by atoms with van der Waals surface area (Å²) in [5.41, 5.74) is 1.14. The van der Waals surface area contributed by atoms with Crippen molar-refractivity contribution in [3.8, 4) is 16.5 Å². The molecule has 3 rings (SSSR count). The van der Waals surface area contributed by atoms with E-state index in [4.69, 9.17) is 9.26 Å². The Morgan fingerprint density at radius 3 is 2.80 bits per heavy atom. The number of hydrogen-bond acceptors (Lipinski definition) is 6. The summed E-state index contributed by atoms with van der Waals surface area (Å²) in [6, 6.07) is 11.5. The number of thiophene rings is 1. The van der Waals surface area contributed by atoms with E-state index in [0.29, 0.717) is 23.9 Å². The molecule has 0 fully saturated rings. The van der Waals surface area contributed by atoms with Crippen molar-refractivity contribution >= 4 is 17.2 Å². The minimum Gasteiger partial charge on any atom is -0.481 e. The third-order valence-electron chi connectivity index (χ3n) is 3.59. The first-order valence-corrected chi connectivity index (χ1v) is 8.91. The van der Waals surface area contributed by atoms with E-state index in [-0.39, 0.29) is 12.5 Å². The molecule has 0 bridgehead atoms. The lowest BCUT2D eigenvalue weighted by molar-refractivity contribution is -0.128. The van der Waals surface area contributed by atoms with Crippen LogP contribution in [0.25, 0.3) is 10.7 Å². The van der Waals surface area contributed by atoms with Crippen molar-refractivity contribution in [3.63, 3.8) is 0 Å². The van der Waals surface area contributed by atoms with Gasteiger partial charge in [0, 0.05) is 0 Å². The number of nitrogens with zero attached hydrogens (tertiary/aromatic N) is 2. The van der Waals surface area contributed by atoms with Gasteiger partial charge >= 0.3 is 0 Å². The minimum absolute atomic E-state index is 0.172. The molecule has 1 atom stereocenters. The maximum atomic E-state index is 12.3. The Hall–Kier alpha value is -2.67. The fraction of sp³-hybridized carbons (Fsp3) is 0.278. The van der Waals surface area contributed by atoms with Crippen LogP contribution in [-0.2, 0) is 11.3 Å². The highest BCUT2D eigenvalue weighted by Gasteiger charge is 2.19. The van der Waals surface area contributed by atoms with E-state index in [9.17, 15) is 4.79 Å². The smallest absolute Gasteiger partial charge is 0.261 e. The molecule has 2 heterocycles. The highest BCUT2D eigenvalue weighted by Crippen LogP contribution is 2.21. The van der Waals surface area contributed by atoms with E-state index in [0.717, 1.165) is 10.4 Å². The Balaban J connectivity index is 1.56. The molecular weight excluding hydrogens is 338 g/mol. The van der Waals surface area contributed by atoms with Gasteiger partial charge in [-0.1, -0.05) is 35.8 Å². The number of hydrogen-bond donors (Lipinski definition) is 1. The first kappa shape index (κ1) is 17.2. The van der Waals surface area contributed by atoms with E-state index in [1.54, 1.807) is 0 Å². The standard InChI is InChI=1S/C18H19N3O3S/c1-3-14(23-13-8-6-12(2)7-9-13)18(22)19-11-16-20-17(21-24-16)15-5-4-10-25-15/h4-10,14H,3,11H2,1-2H3,(H,19,22)/t14-/m1/s1. The average Bonchev–Trinajstić information content (AvgIpc) is 3.30. The van der Waals surface area contributed by atoms with Gasteiger partial charge < -0.3 is 14.6 Å². The quantitative estimate of drug-likeness (QED) is 0.699. The highest BCUT2D eigenvalue weighted by molar-refractivity contribution is 7.13. The second-order valence-electron chi connectivity index (χ2n) is 5.53. The van der Waals surface area contributed by atoms with Crippen LogP contribution in [0.15, 0.2) is 46.3 Å². The molecule has 0 saturated carbocycles. The van der Waals surface area contributed by atoms with Gasteiger partial charge in [-0.15, -0.1) is 11.3 Å². The molecule has 1 aromatic carbocycles. The molecule has 0 aliphatic carbocycles. The lowest BCUT2D eigenvalue weighted by Crippen LogP contribution is -2.37. The van der Waals surface area contributed by atoms with Crippen LogP contribution in [0.2, 0.25) is 0 Å². The summed E-state index contributed by atoms with van der Waals surface area (Å²) >= 11 is 1.53. The van der Waals surface area contributed by atoms with E-state index in [1.807, 2.05) is 55.6 Å². The summed E-state index contributed by atoms with van der Waals surface area (Å²) in [4.78, 5) is 17.5. The van der Waals surface area contributed by atoms with Crippen LogP contribution in [0.1, 0.15) is 24.8 Å². The Morgan fingerprint density at radius 2 is 2.12 bits per heavy atom. The van der Waals surface area contributed by atoms with E-state index >= 15 is 0 Å². The SMILES string of the molecule is CC[C@@H](Oc1ccc(C)cc1)C(=O)NCc1nc(-c2cccs2)no1. The van der Waals surface area contributed by atoms with Gasteiger partial charge in [0.05, 0.1) is 11.4 Å². The van der Waals surface area contributed by atoms with Crippen molar-refractivity contribution in [1.82, 2.24) is 15.5 Å². The van der Waals surface area contributed by atoms with Gasteiger partial charge in [-0.25, -0.2) is 0 Å². The van der Waals surface area contributed by atoms with Crippen molar-refractivity contribution < 1.29 is 14.1 Å². The fourth-order valence-corrected chi connectivity index (χ4v) is 2.86. The van der Waals surface area contributed by atoms with Crippen LogP contribution in [0.4, 0.5) is 0 Å². The topological polar surface area (TPSA) is 77.2 Å². The Kier molecular flexibility index (Phi) is 5.45. The summed E-state index contributed by atoms with van der Waals surface area (Å²) in [6.45, 7) is 4.08. The summed E-state index contributed by atoms with van der Waals surface area (Å²) < 4.78 is 10.9. The predicted octanol–water partition coefficient (Wildman–Crippen LogP) is 3.58. The molecule has 3 aromatic rings. The number of ether oxygens (including phenoxy) is 1. The van der Waals surface area contributed by atoms with Crippen LogP contribution in [-0.4, -0.2) is 22.2 Å². The van der Waals surface area contributed by atoms with Gasteiger partial charge in [0.25, 0.3) is 5.91 Å². The van der Waals surface area contributed by atoms with Crippen molar-refractivity contribution in [2.45, 2.75) is 32.9 Å². The van der Waals surface area contributed by atoms with Crippen molar-refractivity contribution in [3.05, 3.63) is 53.2 Å². The van der Waals surface area contributed by atoms with E-state index in [2.05, 4.69) is 15.5 Å². The number of carbonyl (C=O) groups is 1. The Bertz CT molecular complexity index is 812. The first-order valence-electron chi connectivity index (χ1n) is 8.03. The van der Waals surface area contributed by atoms with Gasteiger partial charge in [0.15, 0.2) is 6.10 Å². The zero-order chi connectivity index (χ0) is 17.6. The largest absolute Gasteiger partial charge is 0.481 e. The van der Waals surface area contributed by atoms with Crippen LogP contribution < -0.4 is 10.1 Å². The van der Waals surface area contributed by atoms with E-state index < -0.39 is 6.10 Å². The maximum Gasteiger partial charge on any atom is 0.261 e. The van der Waals surface area contributed by atoms with Gasteiger partial charge in [-0.05, 0) is 36.9 Å². The summed E-state index contributed by atoms with van der Waals surface area (Å²) in [5, 5.41) is 8.65. The molecule has 130 valence electrons. The first-order chi connectivity index (χ1) is 12.2. The normalized spacial score (nSPS) is 11.9. The van der Waals surface area contributed by atoms with Crippen molar-refractivity contribution in [1.29, 1.82) is 0 Å². The number of rotatable bonds is 7. The maximum absolute atomic E-state index is 12.3. The van der Waals surface area contributed by atoms with Crippen LogP contribution in [0.5, 0.6) is 5.75 Å². The Labute approximate surface area is 149 Å². The second-order valence-corrected chi connectivity index (χ2v) is 6.48.